The minimum absolute atomic E-state index is 4.46. The molecular formula is Cl5Zn. The van der Waals surface area contributed by atoms with Crippen LogP contribution in [0, 0.1) is 0 Å². The van der Waals surface area contributed by atoms with E-state index in [1.807, 2.05) is 0 Å². The van der Waals surface area contributed by atoms with Gasteiger partial charge < -0.3 is 0 Å². The Labute approximate surface area is 56.6 Å². The first-order valence-electron chi connectivity index (χ1n) is 1.34. The maximum atomic E-state index is 5.06. The molecule has 0 aliphatic heterocycles. The van der Waals surface area contributed by atoms with Gasteiger partial charge in [-0.2, -0.15) is 0 Å². The van der Waals surface area contributed by atoms with E-state index in [9.17, 15) is 0 Å². The van der Waals surface area contributed by atoms with E-state index in [-0.39, 0.29) is 0 Å². The topological polar surface area (TPSA) is 0 Å². The summed E-state index contributed by atoms with van der Waals surface area (Å²) in [6.45, 7) is 0. The molecule has 0 saturated carbocycles. The van der Waals surface area contributed by atoms with E-state index in [4.69, 9.17) is 48.5 Å². The van der Waals surface area contributed by atoms with E-state index in [2.05, 4.69) is 0 Å². The second kappa shape index (κ2) is 1.79. The molecule has 0 heterocycles. The predicted octanol–water partition coefficient (Wildman–Crippen LogP) is 3.44. The molecule has 0 aliphatic rings. The van der Waals surface area contributed by atoms with Crippen LogP contribution in [-0.4, -0.2) is 0 Å². The van der Waals surface area contributed by atoms with Gasteiger partial charge in [0, 0.05) is 0 Å². The van der Waals surface area contributed by atoms with Crippen LogP contribution in [0.15, 0.2) is 0 Å². The average molecular weight is 243 g/mol. The molecule has 0 saturated heterocycles. The van der Waals surface area contributed by atoms with Crippen LogP contribution in [0.25, 0.3) is 0 Å². The van der Waals surface area contributed by atoms with E-state index in [1.165, 1.54) is 0 Å². The van der Waals surface area contributed by atoms with Crippen LogP contribution in [0.2, 0.25) is 0 Å². The van der Waals surface area contributed by atoms with Crippen LogP contribution in [0.4, 0.5) is 0 Å². The van der Waals surface area contributed by atoms with Gasteiger partial charge in [-0.15, -0.1) is 0 Å². The van der Waals surface area contributed by atoms with Crippen LogP contribution in [-0.2, 0) is 8.65 Å². The van der Waals surface area contributed by atoms with Gasteiger partial charge in [0.05, 0.1) is 0 Å². The monoisotopic (exact) mass is 239 g/mol. The van der Waals surface area contributed by atoms with Crippen LogP contribution in [0.5, 0.6) is 0 Å². The summed E-state index contributed by atoms with van der Waals surface area (Å²) in [5, 5.41) is 0. The summed E-state index contributed by atoms with van der Waals surface area (Å²) in [4.78, 5) is 0. The third-order valence-electron chi connectivity index (χ3n) is 0. The molecule has 0 rings (SSSR count). The summed E-state index contributed by atoms with van der Waals surface area (Å²) in [6.07, 6.45) is 0. The molecule has 0 unspecified atom stereocenters. The first-order chi connectivity index (χ1) is 2.24. The first kappa shape index (κ1) is 8.07. The zero-order valence-corrected chi connectivity index (χ0v) is 9.34. The third kappa shape index (κ3) is 36.4. The predicted molar refractivity (Wildman–Crippen MR) is 29.3 cm³/mol. The van der Waals surface area contributed by atoms with Gasteiger partial charge in [0.1, 0.15) is 0 Å². The van der Waals surface area contributed by atoms with Crippen LogP contribution in [0.1, 0.15) is 0 Å². The fraction of sp³-hybridized carbons (Fsp3) is 0. The molecule has 0 aromatic rings. The van der Waals surface area contributed by atoms with Crippen molar-refractivity contribution in [1.29, 1.82) is 0 Å². The molecule has 6 heavy (non-hydrogen) atoms. The molecule has 0 aromatic heterocycles. The summed E-state index contributed by atoms with van der Waals surface area (Å²) >= 11 is 0. The van der Waals surface area contributed by atoms with Crippen LogP contribution >= 0.6 is 48.5 Å². The van der Waals surface area contributed by atoms with Gasteiger partial charge in [-0.3, -0.25) is 0 Å². The molecule has 0 spiro atoms. The molecule has 0 aliphatic carbocycles. The van der Waals surface area contributed by atoms with Crippen molar-refractivity contribution in [1.82, 2.24) is 0 Å². The maximum absolute atomic E-state index is 5.06. The zero-order valence-electron chi connectivity index (χ0n) is 2.60. The normalized spacial score (nSPS) is 15.0. The molecule has 37 valence electrons. The summed E-state index contributed by atoms with van der Waals surface area (Å²) in [6, 6.07) is 0. The fourth-order valence-electron chi connectivity index (χ4n) is 0. The Morgan fingerprint density at radius 3 is 0.667 bits per heavy atom. The molecule has 0 N–H and O–H groups in total. The standard InChI is InChI=1S/5ClH.Zn/h5*1H;/q;;;;;+5/p-5. The Kier molecular flexibility index (Phi) is 2.41. The van der Waals surface area contributed by atoms with Gasteiger partial charge in [-0.1, -0.05) is 0 Å². The Bertz CT molecular complexity index is 37.1. The number of rotatable bonds is 0. The Morgan fingerprint density at radius 1 is 0.667 bits per heavy atom. The van der Waals surface area contributed by atoms with Crippen molar-refractivity contribution in [2.45, 2.75) is 0 Å². The second-order valence-electron chi connectivity index (χ2n) is 1.01. The molecule has 0 aromatic carbocycles. The van der Waals surface area contributed by atoms with Gasteiger partial charge in [0.25, 0.3) is 0 Å². The number of hydrogen-bond donors (Lipinski definition) is 0. The molecular weight excluding hydrogens is 243 g/mol. The minimum atomic E-state index is -4.46. The van der Waals surface area contributed by atoms with Crippen LogP contribution < -0.4 is 0 Å². The van der Waals surface area contributed by atoms with Crippen molar-refractivity contribution in [2.24, 2.45) is 0 Å². The van der Waals surface area contributed by atoms with E-state index in [0.29, 0.717) is 0 Å². The van der Waals surface area contributed by atoms with Gasteiger partial charge in [-0.25, -0.2) is 0 Å². The Balaban J connectivity index is 3.73. The first-order valence-corrected chi connectivity index (χ1v) is 20.8. The van der Waals surface area contributed by atoms with Crippen molar-refractivity contribution in [3.8, 4) is 0 Å². The van der Waals surface area contributed by atoms with Crippen molar-refractivity contribution in [2.75, 3.05) is 0 Å². The van der Waals surface area contributed by atoms with E-state index in [0.717, 1.165) is 0 Å². The fourth-order valence-corrected chi connectivity index (χ4v) is 0. The van der Waals surface area contributed by atoms with Gasteiger partial charge in [-0.05, 0) is 0 Å². The van der Waals surface area contributed by atoms with Crippen molar-refractivity contribution < 1.29 is 8.65 Å². The molecule has 0 fully saturated rings. The SMILES string of the molecule is [Cl][Zn]([Cl])([Cl])([Cl])[Cl]. The van der Waals surface area contributed by atoms with Crippen molar-refractivity contribution >= 4 is 48.5 Å². The molecule has 6 heteroatoms. The Morgan fingerprint density at radius 2 is 0.667 bits per heavy atom. The average Bonchev–Trinajstić information content (AvgIpc) is 0.650. The second-order valence-corrected chi connectivity index (χ2v) is 47.2. The molecule has 0 atom stereocenters. The summed E-state index contributed by atoms with van der Waals surface area (Å²) in [5.74, 6) is 0. The van der Waals surface area contributed by atoms with E-state index >= 15 is 0 Å². The number of hydrogen-bond acceptors (Lipinski definition) is 0. The summed E-state index contributed by atoms with van der Waals surface area (Å²) < 4.78 is 0. The molecule has 0 nitrogen and oxygen atoms in total. The van der Waals surface area contributed by atoms with Gasteiger partial charge in [0.2, 0.25) is 0 Å². The number of halogens is 5. The van der Waals surface area contributed by atoms with Crippen molar-refractivity contribution in [3.05, 3.63) is 0 Å². The molecule has 0 radical (unpaired) electrons. The molecule has 0 bridgehead atoms. The quantitative estimate of drug-likeness (QED) is 0.571. The van der Waals surface area contributed by atoms with Gasteiger partial charge >= 0.3 is 57.1 Å². The summed E-state index contributed by atoms with van der Waals surface area (Å²) in [7, 11) is 20.9. The zero-order chi connectivity index (χ0) is 5.45. The summed E-state index contributed by atoms with van der Waals surface area (Å²) in [5.41, 5.74) is 0. The van der Waals surface area contributed by atoms with E-state index in [1.54, 1.807) is 0 Å². The van der Waals surface area contributed by atoms with E-state index < -0.39 is 8.65 Å². The Hall–Kier alpha value is 2.07. The molecule has 0 amide bonds. The third-order valence-corrected chi connectivity index (χ3v) is 0. The van der Waals surface area contributed by atoms with Gasteiger partial charge in [0.15, 0.2) is 0 Å². The van der Waals surface area contributed by atoms with Crippen LogP contribution in [0.3, 0.4) is 0 Å². The van der Waals surface area contributed by atoms with Crippen molar-refractivity contribution in [3.63, 3.8) is 0 Å².